The number of hydrogen-bond acceptors (Lipinski definition) is 2. The zero-order chi connectivity index (χ0) is 13.8. The number of rotatable bonds is 3. The Morgan fingerprint density at radius 2 is 1.84 bits per heavy atom. The number of amides is 1. The second-order valence-electron chi connectivity index (χ2n) is 5.38. The van der Waals surface area contributed by atoms with Gasteiger partial charge in [0, 0.05) is 30.7 Å². The van der Waals surface area contributed by atoms with Gasteiger partial charge in [0.05, 0.1) is 0 Å². The van der Waals surface area contributed by atoms with Crippen molar-refractivity contribution in [1.82, 2.24) is 10.2 Å². The highest BCUT2D eigenvalue weighted by Crippen LogP contribution is 2.13. The second kappa shape index (κ2) is 6.15. The summed E-state index contributed by atoms with van der Waals surface area (Å²) in [5, 5.41) is 3.03. The number of halogens is 1. The first-order chi connectivity index (χ1) is 9.06. The van der Waals surface area contributed by atoms with Crippen molar-refractivity contribution in [2.24, 2.45) is 0 Å². The SMILES string of the molecule is CC(C)N1CCC(NC(=O)c2ccc(F)cc2)CC1. The van der Waals surface area contributed by atoms with Gasteiger partial charge in [-0.3, -0.25) is 4.79 Å². The van der Waals surface area contributed by atoms with Crippen LogP contribution in [0.2, 0.25) is 0 Å². The third-order valence-electron chi connectivity index (χ3n) is 3.70. The van der Waals surface area contributed by atoms with E-state index in [4.69, 9.17) is 0 Å². The lowest BCUT2D eigenvalue weighted by Crippen LogP contribution is -2.46. The Kier molecular flexibility index (Phi) is 4.53. The van der Waals surface area contributed by atoms with Gasteiger partial charge in [-0.05, 0) is 51.0 Å². The minimum Gasteiger partial charge on any atom is -0.349 e. The van der Waals surface area contributed by atoms with Crippen LogP contribution in [0.4, 0.5) is 4.39 Å². The molecule has 0 bridgehead atoms. The number of nitrogens with one attached hydrogen (secondary N) is 1. The lowest BCUT2D eigenvalue weighted by Gasteiger charge is -2.34. The van der Waals surface area contributed by atoms with Crippen molar-refractivity contribution >= 4 is 5.91 Å². The molecule has 0 radical (unpaired) electrons. The molecular weight excluding hydrogens is 243 g/mol. The van der Waals surface area contributed by atoms with Crippen LogP contribution in [0.15, 0.2) is 24.3 Å². The van der Waals surface area contributed by atoms with Gasteiger partial charge < -0.3 is 10.2 Å². The molecule has 0 saturated carbocycles. The average Bonchev–Trinajstić information content (AvgIpc) is 2.40. The van der Waals surface area contributed by atoms with Gasteiger partial charge in [-0.2, -0.15) is 0 Å². The lowest BCUT2D eigenvalue weighted by atomic mass is 10.0. The quantitative estimate of drug-likeness (QED) is 0.909. The molecule has 1 aromatic rings. The van der Waals surface area contributed by atoms with E-state index in [0.29, 0.717) is 11.6 Å². The van der Waals surface area contributed by atoms with Crippen molar-refractivity contribution in [1.29, 1.82) is 0 Å². The molecule has 1 saturated heterocycles. The van der Waals surface area contributed by atoms with E-state index in [1.54, 1.807) is 0 Å². The van der Waals surface area contributed by atoms with E-state index in [1.807, 2.05) is 0 Å². The lowest BCUT2D eigenvalue weighted by molar-refractivity contribution is 0.0900. The maximum absolute atomic E-state index is 12.8. The zero-order valence-corrected chi connectivity index (χ0v) is 11.5. The molecule has 0 atom stereocenters. The predicted octanol–water partition coefficient (Wildman–Crippen LogP) is 2.43. The van der Waals surface area contributed by atoms with E-state index in [9.17, 15) is 9.18 Å². The molecular formula is C15H21FN2O. The van der Waals surface area contributed by atoms with Crippen molar-refractivity contribution in [2.75, 3.05) is 13.1 Å². The molecule has 1 aromatic carbocycles. The Morgan fingerprint density at radius 3 is 2.37 bits per heavy atom. The van der Waals surface area contributed by atoms with Crippen LogP contribution in [-0.4, -0.2) is 36.0 Å². The summed E-state index contributed by atoms with van der Waals surface area (Å²) in [6, 6.07) is 6.47. The molecule has 1 fully saturated rings. The molecule has 104 valence electrons. The fourth-order valence-corrected chi connectivity index (χ4v) is 2.43. The monoisotopic (exact) mass is 264 g/mol. The molecule has 1 N–H and O–H groups in total. The Balaban J connectivity index is 1.85. The third-order valence-corrected chi connectivity index (χ3v) is 3.70. The molecule has 1 heterocycles. The molecule has 0 unspecified atom stereocenters. The number of benzene rings is 1. The molecule has 1 amide bonds. The van der Waals surface area contributed by atoms with Crippen LogP contribution < -0.4 is 5.32 Å². The number of nitrogens with zero attached hydrogens (tertiary/aromatic N) is 1. The highest BCUT2D eigenvalue weighted by Gasteiger charge is 2.22. The van der Waals surface area contributed by atoms with Gasteiger partial charge in [0.15, 0.2) is 0 Å². The first-order valence-electron chi connectivity index (χ1n) is 6.87. The summed E-state index contributed by atoms with van der Waals surface area (Å²) in [5.41, 5.74) is 0.521. The Labute approximate surface area is 113 Å². The van der Waals surface area contributed by atoms with Crippen LogP contribution in [0.5, 0.6) is 0 Å². The summed E-state index contributed by atoms with van der Waals surface area (Å²) in [7, 11) is 0. The maximum Gasteiger partial charge on any atom is 0.251 e. The molecule has 0 aliphatic carbocycles. The van der Waals surface area contributed by atoms with Crippen molar-refractivity contribution in [3.63, 3.8) is 0 Å². The van der Waals surface area contributed by atoms with Crippen LogP contribution >= 0.6 is 0 Å². The maximum atomic E-state index is 12.8. The van der Waals surface area contributed by atoms with Crippen molar-refractivity contribution < 1.29 is 9.18 Å². The normalized spacial score (nSPS) is 17.7. The van der Waals surface area contributed by atoms with E-state index in [-0.39, 0.29) is 17.8 Å². The van der Waals surface area contributed by atoms with Crippen LogP contribution in [0.25, 0.3) is 0 Å². The highest BCUT2D eigenvalue weighted by molar-refractivity contribution is 5.94. The smallest absolute Gasteiger partial charge is 0.251 e. The third kappa shape index (κ3) is 3.77. The summed E-state index contributed by atoms with van der Waals surface area (Å²) < 4.78 is 12.8. The molecule has 0 spiro atoms. The van der Waals surface area contributed by atoms with Gasteiger partial charge in [0.2, 0.25) is 0 Å². The summed E-state index contributed by atoms with van der Waals surface area (Å²) in [6.07, 6.45) is 1.95. The zero-order valence-electron chi connectivity index (χ0n) is 11.5. The van der Waals surface area contributed by atoms with Crippen LogP contribution in [0, 0.1) is 5.82 Å². The number of carbonyl (C=O) groups excluding carboxylic acids is 1. The van der Waals surface area contributed by atoms with Crippen LogP contribution in [0.3, 0.4) is 0 Å². The van der Waals surface area contributed by atoms with Gasteiger partial charge in [-0.25, -0.2) is 4.39 Å². The minimum atomic E-state index is -0.318. The van der Waals surface area contributed by atoms with Gasteiger partial charge in [-0.15, -0.1) is 0 Å². The number of carbonyl (C=O) groups is 1. The fourth-order valence-electron chi connectivity index (χ4n) is 2.43. The fraction of sp³-hybridized carbons (Fsp3) is 0.533. The van der Waals surface area contributed by atoms with Crippen LogP contribution in [-0.2, 0) is 0 Å². The minimum absolute atomic E-state index is 0.108. The first-order valence-corrected chi connectivity index (χ1v) is 6.87. The van der Waals surface area contributed by atoms with E-state index < -0.39 is 0 Å². The molecule has 1 aliphatic rings. The Bertz CT molecular complexity index is 422. The number of likely N-dealkylation sites (tertiary alicyclic amines) is 1. The topological polar surface area (TPSA) is 32.3 Å². The summed E-state index contributed by atoms with van der Waals surface area (Å²) in [5.74, 6) is -0.426. The molecule has 1 aliphatic heterocycles. The second-order valence-corrected chi connectivity index (χ2v) is 5.38. The first kappa shape index (κ1) is 14.0. The Morgan fingerprint density at radius 1 is 1.26 bits per heavy atom. The number of hydrogen-bond donors (Lipinski definition) is 1. The molecule has 0 aromatic heterocycles. The van der Waals surface area contributed by atoms with Gasteiger partial charge >= 0.3 is 0 Å². The van der Waals surface area contributed by atoms with Crippen molar-refractivity contribution in [3.8, 4) is 0 Å². The van der Waals surface area contributed by atoms with E-state index in [0.717, 1.165) is 25.9 Å². The van der Waals surface area contributed by atoms with Crippen molar-refractivity contribution in [3.05, 3.63) is 35.6 Å². The van der Waals surface area contributed by atoms with Gasteiger partial charge in [0.25, 0.3) is 5.91 Å². The summed E-state index contributed by atoms with van der Waals surface area (Å²) in [4.78, 5) is 14.4. The summed E-state index contributed by atoms with van der Waals surface area (Å²) in [6.45, 7) is 6.42. The van der Waals surface area contributed by atoms with Crippen LogP contribution in [0.1, 0.15) is 37.0 Å². The van der Waals surface area contributed by atoms with E-state index in [1.165, 1.54) is 24.3 Å². The largest absolute Gasteiger partial charge is 0.349 e. The van der Waals surface area contributed by atoms with E-state index in [2.05, 4.69) is 24.1 Å². The van der Waals surface area contributed by atoms with E-state index >= 15 is 0 Å². The highest BCUT2D eigenvalue weighted by atomic mass is 19.1. The van der Waals surface area contributed by atoms with Crippen molar-refractivity contribution in [2.45, 2.75) is 38.8 Å². The molecule has 19 heavy (non-hydrogen) atoms. The summed E-state index contributed by atoms with van der Waals surface area (Å²) >= 11 is 0. The molecule has 4 heteroatoms. The van der Waals surface area contributed by atoms with Gasteiger partial charge in [-0.1, -0.05) is 0 Å². The number of piperidine rings is 1. The van der Waals surface area contributed by atoms with Gasteiger partial charge in [0.1, 0.15) is 5.82 Å². The average molecular weight is 264 g/mol. The predicted molar refractivity (Wildman–Crippen MR) is 73.6 cm³/mol. The standard InChI is InChI=1S/C15H21FN2O/c1-11(2)18-9-7-14(8-10-18)17-15(19)12-3-5-13(16)6-4-12/h3-6,11,14H,7-10H2,1-2H3,(H,17,19). The molecule has 3 nitrogen and oxygen atoms in total. The Hall–Kier alpha value is -1.42. The molecule has 2 rings (SSSR count).